The molecule has 0 bridgehead atoms. The fourth-order valence-electron chi connectivity index (χ4n) is 1.05. The van der Waals surface area contributed by atoms with E-state index in [4.69, 9.17) is 14.2 Å². The Morgan fingerprint density at radius 3 is 1.94 bits per heavy atom. The van der Waals surface area contributed by atoms with Crippen LogP contribution in [-0.4, -0.2) is 39.1 Å². The zero-order valence-electron chi connectivity index (χ0n) is 12.2. The van der Waals surface area contributed by atoms with Crippen LogP contribution in [0.3, 0.4) is 0 Å². The van der Waals surface area contributed by atoms with Gasteiger partial charge in [0, 0.05) is 19.1 Å². The monoisotopic (exact) mass is 246 g/mol. The lowest BCUT2D eigenvalue weighted by atomic mass is 10.2. The van der Waals surface area contributed by atoms with E-state index in [1.165, 1.54) is 0 Å². The molecule has 0 aliphatic rings. The van der Waals surface area contributed by atoms with Crippen LogP contribution in [0.25, 0.3) is 0 Å². The van der Waals surface area contributed by atoms with Crippen LogP contribution < -0.4 is 0 Å². The van der Waals surface area contributed by atoms with Crippen LogP contribution >= 0.6 is 0 Å². The van der Waals surface area contributed by atoms with E-state index in [9.17, 15) is 0 Å². The Hall–Kier alpha value is -0.380. The summed E-state index contributed by atoms with van der Waals surface area (Å²) in [7, 11) is 0. The molecule has 1 unspecified atom stereocenters. The van der Waals surface area contributed by atoms with E-state index in [1.54, 1.807) is 6.08 Å². The molecule has 0 radical (unpaired) electrons. The zero-order valence-corrected chi connectivity index (χ0v) is 12.2. The van der Waals surface area contributed by atoms with Crippen molar-refractivity contribution in [2.24, 2.45) is 5.92 Å². The molecule has 0 aromatic carbocycles. The van der Waals surface area contributed by atoms with Gasteiger partial charge in [0.1, 0.15) is 0 Å². The molecule has 0 heterocycles. The summed E-state index contributed by atoms with van der Waals surface area (Å²) in [5.74, 6) is 0.481. The Morgan fingerprint density at radius 2 is 1.59 bits per heavy atom. The molecule has 0 aliphatic carbocycles. The van der Waals surface area contributed by atoms with Crippen LogP contribution in [0.15, 0.2) is 12.7 Å². The third-order valence-electron chi connectivity index (χ3n) is 1.74. The molecule has 0 spiro atoms. The van der Waals surface area contributed by atoms with E-state index in [2.05, 4.69) is 13.5 Å². The Bertz CT molecular complexity index is 146. The topological polar surface area (TPSA) is 27.7 Å². The summed E-state index contributed by atoms with van der Waals surface area (Å²) in [6.45, 7) is 17.5. The minimum Gasteiger partial charge on any atom is -0.381 e. The summed E-state index contributed by atoms with van der Waals surface area (Å²) >= 11 is 0. The molecule has 0 aliphatic heterocycles. The van der Waals surface area contributed by atoms with Gasteiger partial charge >= 0.3 is 0 Å². The maximum absolute atomic E-state index is 5.24. The maximum atomic E-state index is 5.24. The highest BCUT2D eigenvalue weighted by Crippen LogP contribution is 1.96. The van der Waals surface area contributed by atoms with Gasteiger partial charge in [-0.15, -0.1) is 6.58 Å². The van der Waals surface area contributed by atoms with Crippen LogP contribution in [-0.2, 0) is 14.2 Å². The largest absolute Gasteiger partial charge is 0.381 e. The first-order valence-corrected chi connectivity index (χ1v) is 6.46. The third kappa shape index (κ3) is 21.5. The predicted molar refractivity (Wildman–Crippen MR) is 73.4 cm³/mol. The van der Waals surface area contributed by atoms with Crippen LogP contribution in [0.1, 0.15) is 34.6 Å². The molecule has 3 nitrogen and oxygen atoms in total. The van der Waals surface area contributed by atoms with Crippen LogP contribution in [0.4, 0.5) is 0 Å². The minimum atomic E-state index is 0.398. The van der Waals surface area contributed by atoms with Crippen molar-refractivity contribution in [2.45, 2.75) is 40.7 Å². The first-order chi connectivity index (χ1) is 8.08. The van der Waals surface area contributed by atoms with E-state index in [1.807, 2.05) is 27.7 Å². The third-order valence-corrected chi connectivity index (χ3v) is 1.74. The van der Waals surface area contributed by atoms with E-state index in [0.717, 1.165) is 26.4 Å². The molecular formula is C14H30O3. The maximum Gasteiger partial charge on any atom is 0.0644 e. The highest BCUT2D eigenvalue weighted by Gasteiger charge is 1.99. The average Bonchev–Trinajstić information content (AvgIpc) is 2.27. The van der Waals surface area contributed by atoms with Crippen molar-refractivity contribution < 1.29 is 14.2 Å². The average molecular weight is 246 g/mol. The molecule has 0 aromatic heterocycles. The van der Waals surface area contributed by atoms with Crippen LogP contribution in [0, 0.1) is 5.92 Å². The summed E-state index contributed by atoms with van der Waals surface area (Å²) in [4.78, 5) is 0. The molecule has 3 heteroatoms. The molecule has 0 saturated carbocycles. The van der Waals surface area contributed by atoms with Gasteiger partial charge in [0.05, 0.1) is 25.9 Å². The second kappa shape index (κ2) is 15.6. The highest BCUT2D eigenvalue weighted by atomic mass is 16.5. The van der Waals surface area contributed by atoms with E-state index in [0.29, 0.717) is 18.6 Å². The van der Waals surface area contributed by atoms with Gasteiger partial charge in [-0.2, -0.15) is 0 Å². The molecule has 0 amide bonds. The second-order valence-electron chi connectivity index (χ2n) is 4.09. The molecule has 0 saturated heterocycles. The molecule has 0 N–H and O–H groups in total. The van der Waals surface area contributed by atoms with Gasteiger partial charge in [-0.3, -0.25) is 0 Å². The molecule has 17 heavy (non-hydrogen) atoms. The summed E-state index contributed by atoms with van der Waals surface area (Å²) in [5.41, 5.74) is 0. The van der Waals surface area contributed by atoms with Crippen molar-refractivity contribution in [2.75, 3.05) is 33.0 Å². The molecule has 0 fully saturated rings. The van der Waals surface area contributed by atoms with E-state index < -0.39 is 0 Å². The molecule has 0 rings (SSSR count). The van der Waals surface area contributed by atoms with E-state index in [-0.39, 0.29) is 0 Å². The molecule has 0 aromatic rings. The lowest BCUT2D eigenvalue weighted by Gasteiger charge is -2.10. The van der Waals surface area contributed by atoms with Crippen LogP contribution in [0.5, 0.6) is 0 Å². The van der Waals surface area contributed by atoms with Gasteiger partial charge in [0.2, 0.25) is 0 Å². The standard InChI is InChI=1S/C9H18O2.C5H12O/c1-4-6-11-8-9(3)7-10-5-2;1-4-6-5(2)3/h4,9H,1,5-8H2,2-3H3;5H,4H2,1-3H3. The van der Waals surface area contributed by atoms with Crippen molar-refractivity contribution in [3.8, 4) is 0 Å². The lowest BCUT2D eigenvalue weighted by Crippen LogP contribution is -2.12. The Morgan fingerprint density at radius 1 is 1.00 bits per heavy atom. The Labute approximate surface area is 107 Å². The van der Waals surface area contributed by atoms with Crippen LogP contribution in [0.2, 0.25) is 0 Å². The van der Waals surface area contributed by atoms with Gasteiger partial charge in [-0.1, -0.05) is 13.0 Å². The van der Waals surface area contributed by atoms with E-state index >= 15 is 0 Å². The van der Waals surface area contributed by atoms with Crippen molar-refractivity contribution in [1.82, 2.24) is 0 Å². The van der Waals surface area contributed by atoms with Gasteiger partial charge < -0.3 is 14.2 Å². The van der Waals surface area contributed by atoms with Crippen molar-refractivity contribution in [1.29, 1.82) is 0 Å². The van der Waals surface area contributed by atoms with Crippen molar-refractivity contribution in [3.63, 3.8) is 0 Å². The molecular weight excluding hydrogens is 216 g/mol. The van der Waals surface area contributed by atoms with Crippen molar-refractivity contribution >= 4 is 0 Å². The van der Waals surface area contributed by atoms with Gasteiger partial charge in [-0.25, -0.2) is 0 Å². The zero-order chi connectivity index (χ0) is 13.5. The second-order valence-corrected chi connectivity index (χ2v) is 4.09. The quantitative estimate of drug-likeness (QED) is 0.461. The highest BCUT2D eigenvalue weighted by molar-refractivity contribution is 4.64. The number of hydrogen-bond donors (Lipinski definition) is 0. The fourth-order valence-corrected chi connectivity index (χ4v) is 1.05. The SMILES string of the molecule is C=CCOCC(C)COCC.CCOC(C)C. The fraction of sp³-hybridized carbons (Fsp3) is 0.857. The van der Waals surface area contributed by atoms with Gasteiger partial charge in [-0.05, 0) is 27.7 Å². The summed E-state index contributed by atoms with van der Waals surface area (Å²) in [5, 5.41) is 0. The molecule has 104 valence electrons. The number of ether oxygens (including phenoxy) is 3. The number of rotatable bonds is 9. The van der Waals surface area contributed by atoms with Gasteiger partial charge in [0.25, 0.3) is 0 Å². The summed E-state index contributed by atoms with van der Waals surface area (Å²) in [6.07, 6.45) is 2.16. The first-order valence-electron chi connectivity index (χ1n) is 6.46. The Kier molecular flexibility index (Phi) is 17.4. The summed E-state index contributed by atoms with van der Waals surface area (Å²) < 4.78 is 15.5. The lowest BCUT2D eigenvalue weighted by molar-refractivity contribution is 0.0604. The van der Waals surface area contributed by atoms with Gasteiger partial charge in [0.15, 0.2) is 0 Å². The number of hydrogen-bond acceptors (Lipinski definition) is 3. The Balaban J connectivity index is 0. The van der Waals surface area contributed by atoms with Crippen molar-refractivity contribution in [3.05, 3.63) is 12.7 Å². The summed E-state index contributed by atoms with van der Waals surface area (Å²) in [6, 6.07) is 0. The minimum absolute atomic E-state index is 0.398. The molecule has 1 atom stereocenters. The first kappa shape index (κ1) is 19.0. The predicted octanol–water partition coefficient (Wildman–Crippen LogP) is 3.29. The normalized spacial score (nSPS) is 11.9. The smallest absolute Gasteiger partial charge is 0.0644 e.